The quantitative estimate of drug-likeness (QED) is 0.701. The summed E-state index contributed by atoms with van der Waals surface area (Å²) in [4.78, 5) is 11.8. The maximum Gasteiger partial charge on any atom is 0.233 e. The summed E-state index contributed by atoms with van der Waals surface area (Å²) in [7, 11) is 0. The molecule has 0 aromatic carbocycles. The molecule has 2 unspecified atom stereocenters. The second-order valence-electron chi connectivity index (χ2n) is 4.03. The Morgan fingerprint density at radius 3 is 2.40 bits per heavy atom. The van der Waals surface area contributed by atoms with Crippen molar-refractivity contribution in [3.05, 3.63) is 0 Å². The normalized spacial score (nSPS) is 15.1. The van der Waals surface area contributed by atoms with E-state index >= 15 is 0 Å². The van der Waals surface area contributed by atoms with Crippen LogP contribution in [0.15, 0.2) is 0 Å². The van der Waals surface area contributed by atoms with Gasteiger partial charge in [-0.3, -0.25) is 4.79 Å². The molecule has 0 fully saturated rings. The van der Waals surface area contributed by atoms with Crippen LogP contribution in [0, 0.1) is 5.92 Å². The zero-order chi connectivity index (χ0) is 11.8. The Labute approximate surface area is 97.6 Å². The molecule has 0 heterocycles. The average molecular weight is 232 g/mol. The lowest BCUT2D eigenvalue weighted by Gasteiger charge is -2.20. The third-order valence-electron chi connectivity index (χ3n) is 2.27. The Balaban J connectivity index is 4.03. The molecule has 0 saturated carbocycles. The molecule has 0 saturated heterocycles. The molecule has 0 aliphatic carbocycles. The molecule has 0 aliphatic rings. The fourth-order valence-electron chi connectivity index (χ4n) is 1.23. The van der Waals surface area contributed by atoms with E-state index in [2.05, 4.69) is 26.1 Å². The number of hydrogen-bond acceptors (Lipinski definition) is 3. The number of carbonyl (C=O) groups excluding carboxylic acids is 1. The van der Waals surface area contributed by atoms with Crippen molar-refractivity contribution in [3.8, 4) is 0 Å². The largest absolute Gasteiger partial charge is 0.354 e. The van der Waals surface area contributed by atoms with Crippen molar-refractivity contribution in [1.82, 2.24) is 5.32 Å². The summed E-state index contributed by atoms with van der Waals surface area (Å²) >= 11 is 1.70. The lowest BCUT2D eigenvalue weighted by atomic mass is 10.1. The van der Waals surface area contributed by atoms with Gasteiger partial charge in [-0.15, -0.1) is 11.8 Å². The third kappa shape index (κ3) is 6.05. The molecule has 4 heteroatoms. The van der Waals surface area contributed by atoms with Crippen molar-refractivity contribution in [2.45, 2.75) is 45.4 Å². The number of hydrogen-bond donors (Lipinski definition) is 2. The minimum absolute atomic E-state index is 0.0547. The summed E-state index contributed by atoms with van der Waals surface area (Å²) in [5, 5.41) is 2.97. The summed E-state index contributed by atoms with van der Waals surface area (Å²) in [6.45, 7) is 8.84. The molecule has 15 heavy (non-hydrogen) atoms. The van der Waals surface area contributed by atoms with Crippen LogP contribution in [0.4, 0.5) is 0 Å². The molecule has 2 atom stereocenters. The van der Waals surface area contributed by atoms with Gasteiger partial charge in [0.05, 0.1) is 5.25 Å². The van der Waals surface area contributed by atoms with Crippen LogP contribution >= 0.6 is 11.8 Å². The third-order valence-corrected chi connectivity index (χ3v) is 3.72. The van der Waals surface area contributed by atoms with E-state index in [4.69, 9.17) is 5.73 Å². The van der Waals surface area contributed by atoms with Gasteiger partial charge in [0.2, 0.25) is 5.91 Å². The van der Waals surface area contributed by atoms with E-state index in [0.29, 0.717) is 12.5 Å². The van der Waals surface area contributed by atoms with E-state index < -0.39 is 0 Å². The summed E-state index contributed by atoms with van der Waals surface area (Å²) in [6, 6.07) is 0.0772. The molecule has 3 N–H and O–H groups in total. The smallest absolute Gasteiger partial charge is 0.233 e. The lowest BCUT2D eigenvalue weighted by molar-refractivity contribution is -0.121. The van der Waals surface area contributed by atoms with Crippen LogP contribution in [-0.4, -0.2) is 29.5 Å². The fourth-order valence-corrected chi connectivity index (χ4v) is 2.21. The second kappa shape index (κ2) is 7.99. The fraction of sp³-hybridized carbons (Fsp3) is 0.909. The van der Waals surface area contributed by atoms with E-state index in [1.807, 2.05) is 6.92 Å². The van der Waals surface area contributed by atoms with Crippen molar-refractivity contribution in [2.24, 2.45) is 11.7 Å². The van der Waals surface area contributed by atoms with Gasteiger partial charge in [-0.1, -0.05) is 27.7 Å². The first-order valence-corrected chi connectivity index (χ1v) is 6.72. The minimum atomic E-state index is 0.0547. The number of carbonyl (C=O) groups is 1. The summed E-state index contributed by atoms with van der Waals surface area (Å²) in [6.07, 6.45) is 0.896. The molecule has 0 aliphatic heterocycles. The van der Waals surface area contributed by atoms with Gasteiger partial charge in [-0.05, 0) is 18.1 Å². The first-order valence-electron chi connectivity index (χ1n) is 5.67. The summed E-state index contributed by atoms with van der Waals surface area (Å²) in [5.74, 6) is 1.46. The van der Waals surface area contributed by atoms with E-state index in [-0.39, 0.29) is 17.2 Å². The van der Waals surface area contributed by atoms with Crippen LogP contribution in [-0.2, 0) is 4.79 Å². The van der Waals surface area contributed by atoms with Gasteiger partial charge in [0.1, 0.15) is 0 Å². The van der Waals surface area contributed by atoms with Crippen molar-refractivity contribution in [3.63, 3.8) is 0 Å². The molecule has 0 aromatic heterocycles. The minimum Gasteiger partial charge on any atom is -0.354 e. The average Bonchev–Trinajstić information content (AvgIpc) is 2.21. The molecule has 0 aromatic rings. The van der Waals surface area contributed by atoms with Gasteiger partial charge in [0.15, 0.2) is 0 Å². The van der Waals surface area contributed by atoms with E-state index in [1.165, 1.54) is 0 Å². The Hall–Kier alpha value is -0.220. The number of amides is 1. The van der Waals surface area contributed by atoms with Gasteiger partial charge in [0, 0.05) is 12.6 Å². The lowest BCUT2D eigenvalue weighted by Crippen LogP contribution is -2.42. The first-order chi connectivity index (χ1) is 7.02. The number of rotatable bonds is 7. The summed E-state index contributed by atoms with van der Waals surface area (Å²) < 4.78 is 0. The summed E-state index contributed by atoms with van der Waals surface area (Å²) in [5.41, 5.74) is 5.75. The molecule has 3 nitrogen and oxygen atoms in total. The molecule has 1 amide bonds. The van der Waals surface area contributed by atoms with Crippen LogP contribution in [0.1, 0.15) is 34.1 Å². The van der Waals surface area contributed by atoms with Crippen LogP contribution in [0.2, 0.25) is 0 Å². The molecule has 0 spiro atoms. The van der Waals surface area contributed by atoms with Crippen LogP contribution in [0.25, 0.3) is 0 Å². The van der Waals surface area contributed by atoms with Gasteiger partial charge >= 0.3 is 0 Å². The number of nitrogens with two attached hydrogens (primary N) is 1. The first kappa shape index (κ1) is 14.8. The predicted octanol–water partition coefficient (Wildman–Crippen LogP) is 1.62. The zero-order valence-electron chi connectivity index (χ0n) is 10.2. The van der Waals surface area contributed by atoms with E-state index in [0.717, 1.165) is 12.2 Å². The Morgan fingerprint density at radius 1 is 1.40 bits per heavy atom. The highest BCUT2D eigenvalue weighted by Crippen LogP contribution is 2.19. The maximum atomic E-state index is 11.8. The monoisotopic (exact) mass is 232 g/mol. The van der Waals surface area contributed by atoms with E-state index in [1.54, 1.807) is 11.8 Å². The standard InChI is InChI=1S/C11H24N2OS/c1-5-9(12)7-13-11(14)10(8(3)4)15-6-2/h8-10H,5-7,12H2,1-4H3,(H,13,14). The second-order valence-corrected chi connectivity index (χ2v) is 5.45. The molecule has 0 radical (unpaired) electrons. The highest BCUT2D eigenvalue weighted by molar-refractivity contribution is 8.00. The Kier molecular flexibility index (Phi) is 7.88. The molecule has 0 bridgehead atoms. The highest BCUT2D eigenvalue weighted by atomic mass is 32.2. The van der Waals surface area contributed by atoms with Crippen LogP contribution in [0.3, 0.4) is 0 Å². The Bertz CT molecular complexity index is 185. The van der Waals surface area contributed by atoms with Gasteiger partial charge in [0.25, 0.3) is 0 Å². The van der Waals surface area contributed by atoms with Crippen molar-refractivity contribution >= 4 is 17.7 Å². The number of nitrogens with one attached hydrogen (secondary N) is 1. The number of thioether (sulfide) groups is 1. The van der Waals surface area contributed by atoms with Crippen LogP contribution in [0.5, 0.6) is 0 Å². The molecule has 0 rings (SSSR count). The van der Waals surface area contributed by atoms with Crippen molar-refractivity contribution in [2.75, 3.05) is 12.3 Å². The van der Waals surface area contributed by atoms with Gasteiger partial charge < -0.3 is 11.1 Å². The van der Waals surface area contributed by atoms with Crippen molar-refractivity contribution < 1.29 is 4.79 Å². The SMILES string of the molecule is CCSC(C(=O)NCC(N)CC)C(C)C. The van der Waals surface area contributed by atoms with Crippen LogP contribution < -0.4 is 11.1 Å². The Morgan fingerprint density at radius 2 is 2.00 bits per heavy atom. The van der Waals surface area contributed by atoms with Gasteiger partial charge in [-0.2, -0.15) is 0 Å². The topological polar surface area (TPSA) is 55.1 Å². The highest BCUT2D eigenvalue weighted by Gasteiger charge is 2.21. The molecular formula is C11H24N2OS. The van der Waals surface area contributed by atoms with E-state index in [9.17, 15) is 4.79 Å². The van der Waals surface area contributed by atoms with Gasteiger partial charge in [-0.25, -0.2) is 0 Å². The molecule has 90 valence electrons. The maximum absolute atomic E-state index is 11.8. The van der Waals surface area contributed by atoms with Crippen molar-refractivity contribution in [1.29, 1.82) is 0 Å². The molecular weight excluding hydrogens is 208 g/mol. The predicted molar refractivity (Wildman–Crippen MR) is 68.0 cm³/mol. The zero-order valence-corrected chi connectivity index (χ0v) is 11.1.